The molecule has 2 heterocycles. The Morgan fingerprint density at radius 2 is 1.12 bits per heavy atom. The largest absolute Gasteiger partial charge is 0.455 e. The highest BCUT2D eigenvalue weighted by molar-refractivity contribution is 6.30. The van der Waals surface area contributed by atoms with Gasteiger partial charge in [-0.25, -0.2) is 9.80 Å². The lowest BCUT2D eigenvalue weighted by molar-refractivity contribution is -0.121. The third-order valence-corrected chi connectivity index (χ3v) is 5.25. The van der Waals surface area contributed by atoms with Crippen molar-refractivity contribution in [3.8, 4) is 22.6 Å². The van der Waals surface area contributed by atoms with Gasteiger partial charge in [-0.15, -0.1) is 0 Å². The van der Waals surface area contributed by atoms with Crippen LogP contribution in [0.4, 0.5) is 11.4 Å². The number of ether oxygens (including phenoxy) is 1. The van der Waals surface area contributed by atoms with Gasteiger partial charge in [-0.1, -0.05) is 48.5 Å². The van der Waals surface area contributed by atoms with E-state index in [0.717, 1.165) is 45.2 Å². The van der Waals surface area contributed by atoms with Crippen LogP contribution in [0.25, 0.3) is 11.1 Å². The zero-order valence-corrected chi connectivity index (χ0v) is 17.2. The van der Waals surface area contributed by atoms with Crippen molar-refractivity contribution >= 4 is 35.0 Å². The number of carbonyl (C=O) groups is 4. The zero-order valence-electron chi connectivity index (χ0n) is 17.2. The third-order valence-electron chi connectivity index (χ3n) is 5.25. The average Bonchev–Trinajstić information content (AvgIpc) is 3.35. The van der Waals surface area contributed by atoms with Crippen LogP contribution in [0.3, 0.4) is 0 Å². The summed E-state index contributed by atoms with van der Waals surface area (Å²) in [5.41, 5.74) is 2.10. The summed E-state index contributed by atoms with van der Waals surface area (Å²) >= 11 is 0. The molecule has 3 aromatic rings. The first-order valence-corrected chi connectivity index (χ1v) is 10.1. The van der Waals surface area contributed by atoms with Crippen molar-refractivity contribution in [2.24, 2.45) is 0 Å². The molecule has 0 N–H and O–H groups in total. The normalized spacial score (nSPS) is 15.2. The van der Waals surface area contributed by atoms with Crippen molar-refractivity contribution in [1.29, 1.82) is 0 Å². The predicted molar refractivity (Wildman–Crippen MR) is 122 cm³/mol. The lowest BCUT2D eigenvalue weighted by atomic mass is 10.0. The van der Waals surface area contributed by atoms with Crippen LogP contribution < -0.4 is 14.5 Å². The number of nitrogens with zero attached hydrogens (tertiary/aromatic N) is 2. The molecule has 33 heavy (non-hydrogen) atoms. The highest BCUT2D eigenvalue weighted by Crippen LogP contribution is 2.40. The lowest BCUT2D eigenvalue weighted by Crippen LogP contribution is -2.32. The van der Waals surface area contributed by atoms with Crippen molar-refractivity contribution in [2.75, 3.05) is 9.80 Å². The lowest BCUT2D eigenvalue weighted by Gasteiger charge is -2.22. The molecular formula is C26H16N2O5. The van der Waals surface area contributed by atoms with E-state index < -0.39 is 23.6 Å². The summed E-state index contributed by atoms with van der Waals surface area (Å²) in [6.07, 6.45) is 4.64. The topological polar surface area (TPSA) is 84.0 Å². The molecule has 7 nitrogen and oxygen atoms in total. The molecule has 0 radical (unpaired) electrons. The minimum Gasteiger partial charge on any atom is -0.455 e. The molecule has 0 spiro atoms. The second-order valence-electron chi connectivity index (χ2n) is 7.31. The first-order chi connectivity index (χ1) is 16.0. The smallest absolute Gasteiger partial charge is 0.258 e. The molecule has 7 heteroatoms. The number of anilines is 2. The molecule has 0 saturated carbocycles. The van der Waals surface area contributed by atoms with Gasteiger partial charge < -0.3 is 4.74 Å². The van der Waals surface area contributed by atoms with Gasteiger partial charge in [-0.2, -0.15) is 0 Å². The highest BCUT2D eigenvalue weighted by Gasteiger charge is 2.31. The predicted octanol–water partition coefficient (Wildman–Crippen LogP) is 4.00. The number of rotatable bonds is 5. The number of hydrogen-bond acceptors (Lipinski definition) is 5. The number of benzene rings is 3. The van der Waals surface area contributed by atoms with Crippen LogP contribution in [-0.2, 0) is 19.2 Å². The molecule has 0 aromatic heterocycles. The van der Waals surface area contributed by atoms with Crippen molar-refractivity contribution in [2.45, 2.75) is 0 Å². The molecule has 0 bridgehead atoms. The fraction of sp³-hybridized carbons (Fsp3) is 0. The molecule has 5 rings (SSSR count). The van der Waals surface area contributed by atoms with Crippen LogP contribution in [0, 0.1) is 0 Å². The molecule has 2 aliphatic heterocycles. The SMILES string of the molecule is O=C1C=CC(=O)N1c1ccc(Oc2ccccc2-c2ccccc2)c(N2C(=O)C=CC2=O)c1. The summed E-state index contributed by atoms with van der Waals surface area (Å²) in [6, 6.07) is 21.5. The minimum atomic E-state index is -0.546. The number of para-hydroxylation sites is 1. The second-order valence-corrected chi connectivity index (χ2v) is 7.31. The fourth-order valence-electron chi connectivity index (χ4n) is 3.73. The van der Waals surface area contributed by atoms with E-state index in [1.165, 1.54) is 18.2 Å². The van der Waals surface area contributed by atoms with Gasteiger partial charge in [0.2, 0.25) is 0 Å². The monoisotopic (exact) mass is 436 g/mol. The van der Waals surface area contributed by atoms with Crippen LogP contribution in [0.5, 0.6) is 11.5 Å². The number of amides is 4. The van der Waals surface area contributed by atoms with E-state index in [2.05, 4.69) is 0 Å². The Hall–Kier alpha value is -4.78. The van der Waals surface area contributed by atoms with Crippen LogP contribution in [0.1, 0.15) is 0 Å². The van der Waals surface area contributed by atoms with E-state index in [0.29, 0.717) is 5.75 Å². The zero-order chi connectivity index (χ0) is 22.9. The molecule has 160 valence electrons. The Balaban J connectivity index is 1.60. The van der Waals surface area contributed by atoms with Crippen molar-refractivity contribution in [1.82, 2.24) is 0 Å². The number of carbonyl (C=O) groups excluding carboxylic acids is 4. The number of imide groups is 2. The minimum absolute atomic E-state index is 0.128. The average molecular weight is 436 g/mol. The third kappa shape index (κ3) is 3.61. The maximum atomic E-state index is 12.4. The summed E-state index contributed by atoms with van der Waals surface area (Å²) in [4.78, 5) is 51.1. The maximum absolute atomic E-state index is 12.4. The Bertz CT molecular complexity index is 1340. The van der Waals surface area contributed by atoms with E-state index >= 15 is 0 Å². The summed E-state index contributed by atoms with van der Waals surface area (Å²) in [5.74, 6) is -1.37. The van der Waals surface area contributed by atoms with Gasteiger partial charge >= 0.3 is 0 Å². The van der Waals surface area contributed by atoms with Crippen LogP contribution in [0.15, 0.2) is 97.1 Å². The number of hydrogen-bond donors (Lipinski definition) is 0. The molecule has 0 atom stereocenters. The molecule has 0 aliphatic carbocycles. The summed E-state index contributed by atoms with van der Waals surface area (Å²) in [7, 11) is 0. The standard InChI is InChI=1S/C26H16N2O5/c29-23-12-13-24(30)27(23)18-10-11-22(20(16-18)28-25(31)14-15-26(28)32)33-21-9-5-4-8-19(21)17-6-2-1-3-7-17/h1-16H. The van der Waals surface area contributed by atoms with E-state index in [4.69, 9.17) is 4.74 Å². The summed E-state index contributed by atoms with van der Waals surface area (Å²) < 4.78 is 6.20. The van der Waals surface area contributed by atoms with Crippen molar-refractivity contribution < 1.29 is 23.9 Å². The van der Waals surface area contributed by atoms with Gasteiger partial charge in [0, 0.05) is 29.9 Å². The summed E-state index contributed by atoms with van der Waals surface area (Å²) in [5, 5.41) is 0. The van der Waals surface area contributed by atoms with Gasteiger partial charge in [-0.05, 0) is 29.8 Å². The molecule has 3 aromatic carbocycles. The molecule has 0 unspecified atom stereocenters. The van der Waals surface area contributed by atoms with Crippen molar-refractivity contribution in [3.63, 3.8) is 0 Å². The van der Waals surface area contributed by atoms with Crippen LogP contribution in [-0.4, -0.2) is 23.6 Å². The van der Waals surface area contributed by atoms with Crippen molar-refractivity contribution in [3.05, 3.63) is 97.1 Å². The van der Waals surface area contributed by atoms with E-state index in [1.807, 2.05) is 48.5 Å². The Morgan fingerprint density at radius 1 is 0.545 bits per heavy atom. The fourth-order valence-corrected chi connectivity index (χ4v) is 3.73. The van der Waals surface area contributed by atoms with Gasteiger partial charge in [0.15, 0.2) is 5.75 Å². The Kier molecular flexibility index (Phi) is 4.91. The highest BCUT2D eigenvalue weighted by atomic mass is 16.5. The van der Waals surface area contributed by atoms with E-state index in [1.54, 1.807) is 6.07 Å². The second kappa shape index (κ2) is 8.05. The van der Waals surface area contributed by atoms with Gasteiger partial charge in [0.1, 0.15) is 5.75 Å². The van der Waals surface area contributed by atoms with Crippen LogP contribution in [0.2, 0.25) is 0 Å². The first-order valence-electron chi connectivity index (χ1n) is 10.1. The van der Waals surface area contributed by atoms with E-state index in [9.17, 15) is 19.2 Å². The molecule has 0 fully saturated rings. The quantitative estimate of drug-likeness (QED) is 0.565. The molecule has 2 aliphatic rings. The van der Waals surface area contributed by atoms with Crippen LogP contribution >= 0.6 is 0 Å². The summed E-state index contributed by atoms with van der Waals surface area (Å²) in [6.45, 7) is 0. The van der Waals surface area contributed by atoms with Gasteiger partial charge in [-0.3, -0.25) is 19.2 Å². The van der Waals surface area contributed by atoms with Gasteiger partial charge in [0.05, 0.1) is 11.4 Å². The van der Waals surface area contributed by atoms with Gasteiger partial charge in [0.25, 0.3) is 23.6 Å². The molecule has 0 saturated heterocycles. The Morgan fingerprint density at radius 3 is 1.79 bits per heavy atom. The maximum Gasteiger partial charge on any atom is 0.258 e. The molecular weight excluding hydrogens is 420 g/mol. The Labute approximate surface area is 188 Å². The first kappa shape index (κ1) is 20.1. The van der Waals surface area contributed by atoms with E-state index in [-0.39, 0.29) is 17.1 Å². The molecule has 4 amide bonds.